The second-order valence-corrected chi connectivity index (χ2v) is 33.7. The van der Waals surface area contributed by atoms with Crippen molar-refractivity contribution in [2.75, 3.05) is 19.7 Å². The van der Waals surface area contributed by atoms with E-state index in [0.29, 0.717) is 98.7 Å². The van der Waals surface area contributed by atoms with Gasteiger partial charge in [-0.1, -0.05) is 303 Å². The zero-order valence-electron chi connectivity index (χ0n) is 80.8. The minimum absolute atomic E-state index is 0.0854. The molecular weight excluding hydrogens is 1800 g/mol. The molecule has 0 aliphatic rings. The van der Waals surface area contributed by atoms with E-state index in [2.05, 4.69) is 62.5 Å². The predicted octanol–water partition coefficient (Wildman–Crippen LogP) is 22.0. The smallest absolute Gasteiger partial charge is 0.408 e. The van der Waals surface area contributed by atoms with Gasteiger partial charge in [0, 0.05) is 143 Å². The van der Waals surface area contributed by atoms with Crippen LogP contribution < -0.4 is 42.5 Å². The third-order valence-electron chi connectivity index (χ3n) is 23.5. The largest absolute Gasteiger partial charge is 0.449 e. The number of alkyl carbamates (subject to hydrolysis) is 3. The number of nitrogens with zero attached hydrogens (tertiary/aromatic N) is 4. The number of hydrogen-bond acceptors (Lipinski definition) is 15. The highest BCUT2D eigenvalue weighted by molar-refractivity contribution is 6.04. The highest BCUT2D eigenvalue weighted by Gasteiger charge is 2.24. The summed E-state index contributed by atoms with van der Waals surface area (Å²) in [6.45, 7) is 10.9. The topological polar surface area (TPSA) is 312 Å². The van der Waals surface area contributed by atoms with Gasteiger partial charge in [0.1, 0.15) is 24.4 Å². The molecule has 0 unspecified atom stereocenters. The number of pyridine rings is 2. The van der Waals surface area contributed by atoms with Gasteiger partial charge in [-0.05, 0) is 200 Å². The average Bonchev–Trinajstić information content (AvgIpc) is 0.793. The summed E-state index contributed by atoms with van der Waals surface area (Å²) in [5.74, 6) is -0.558. The van der Waals surface area contributed by atoms with E-state index in [-0.39, 0.29) is 74.1 Å². The lowest BCUT2D eigenvalue weighted by molar-refractivity contribution is -0.121. The van der Waals surface area contributed by atoms with E-state index >= 15 is 0 Å². The summed E-state index contributed by atoms with van der Waals surface area (Å²) in [6.07, 6.45) is 9.52. The molecule has 16 rings (SSSR count). The normalized spacial score (nSPS) is 10.7. The fraction of sp³-hybridized carbons (Fsp3) is 0.167. The molecule has 16 aromatic rings. The van der Waals surface area contributed by atoms with Crippen LogP contribution in [0.25, 0.3) is 44.5 Å². The molecule has 23 nitrogen and oxygen atoms in total. The van der Waals surface area contributed by atoms with Crippen molar-refractivity contribution in [3.63, 3.8) is 0 Å². The Morgan fingerprint density at radius 2 is 0.757 bits per heavy atom. The Hall–Kier alpha value is -17.7. The van der Waals surface area contributed by atoms with Crippen LogP contribution in [0.5, 0.6) is 0 Å². The molecule has 0 spiro atoms. The van der Waals surface area contributed by atoms with E-state index in [4.69, 9.17) is 14.2 Å². The van der Waals surface area contributed by atoms with Crippen molar-refractivity contribution >= 4 is 47.8 Å². The molecule has 3 aromatic heterocycles. The van der Waals surface area contributed by atoms with Gasteiger partial charge in [-0.25, -0.2) is 28.7 Å². The summed E-state index contributed by atoms with van der Waals surface area (Å²) < 4.78 is 30.4. The molecule has 3 heterocycles. The van der Waals surface area contributed by atoms with Crippen LogP contribution in [0.1, 0.15) is 145 Å². The van der Waals surface area contributed by atoms with E-state index in [1.54, 1.807) is 55.2 Å². The van der Waals surface area contributed by atoms with E-state index in [0.717, 1.165) is 117 Å². The average molecular weight is 1920 g/mol. The van der Waals surface area contributed by atoms with Gasteiger partial charge >= 0.3 is 18.3 Å². The summed E-state index contributed by atoms with van der Waals surface area (Å²) in [4.78, 5) is 119. The van der Waals surface area contributed by atoms with Crippen LogP contribution in [-0.4, -0.2) is 87.4 Å². The quantitative estimate of drug-likeness (QED) is 0.0169. The number of ether oxygens (including phenoxy) is 3. The number of nitrogens with one attached hydrogen (secondary N) is 8. The number of amides is 8. The zero-order chi connectivity index (χ0) is 101. The molecule has 0 fully saturated rings. The Kier molecular flexibility index (Phi) is 39.8. The van der Waals surface area contributed by atoms with Crippen LogP contribution in [0.15, 0.2) is 389 Å². The lowest BCUT2D eigenvalue weighted by atomic mass is 9.88. The first-order chi connectivity index (χ1) is 70.4. The van der Waals surface area contributed by atoms with Gasteiger partial charge < -0.3 is 56.7 Å². The zero-order valence-corrected chi connectivity index (χ0v) is 80.8. The number of halogens is 1. The van der Waals surface area contributed by atoms with Gasteiger partial charge in [0.15, 0.2) is 0 Å². The van der Waals surface area contributed by atoms with Crippen molar-refractivity contribution in [3.8, 4) is 44.5 Å². The van der Waals surface area contributed by atoms with Crippen LogP contribution in [-0.2, 0) is 90.6 Å². The Morgan fingerprint density at radius 3 is 1.32 bits per heavy atom. The number of rotatable bonds is 36. The molecule has 24 heteroatoms. The van der Waals surface area contributed by atoms with Gasteiger partial charge in [-0.3, -0.25) is 33.9 Å². The first-order valence-electron chi connectivity index (χ1n) is 47.7. The molecule has 0 saturated heterocycles. The summed E-state index contributed by atoms with van der Waals surface area (Å²) in [5.41, 5.74) is 21.9. The first kappa shape index (κ1) is 104. The third kappa shape index (κ3) is 31.9. The Labute approximate surface area is 839 Å². The molecule has 0 radical (unpaired) electrons. The molecule has 728 valence electrons. The molecule has 13 aromatic carbocycles. The van der Waals surface area contributed by atoms with Crippen LogP contribution in [0.3, 0.4) is 0 Å². The standard InChI is InChI=1S/C31H31N3O3.C30H29N3O3.C30H28N2O3.C29H27FN4O2/c1-22-10-8-14-25(20-34-31(36)37-21-24-12-4-3-5-13-24)28(22)29-23(2)11-9-16-27(29)30(35)33-19-17-26-15-6-7-18-32-26;1-22(24-11-3-2-4-12-24)36-30(35)33-21-25-13-5-6-14-26(25)27-15-7-8-16-28(27)29(34)32-19-17-23-10-9-18-31-20-23;33-29(31-21-24-13-5-2-6-14-24)28-18-10-9-17-27(28)26-16-8-7-15-25(26)22-32-30(34)35-20-19-23-11-3-1-4-12-23;1-20-11-12-22(26(30)17-20)19-34-29(36)25-10-5-4-9-24(25)23-8-3-2-7-21(23)18-33-28(35)14-13-27-31-15-6-16-32-27/h3-16,18H,17,19-21H2,1-2H3,(H,33,35)(H,34,36);2-16,18,20,22H,17,19,21H2,1H3,(H,32,34)(H,33,35);1-18H,19-22H2,(H,31,33)(H,32,34);2-12,15-17H,13-14,18-19H2,1H3,(H,33,35)(H,34,36)/t;22-;;/m.0../s1. The summed E-state index contributed by atoms with van der Waals surface area (Å²) in [6, 6.07) is 112. The SMILES string of the molecule is C[C@H](OC(=O)NCc1ccccc1-c1ccccc1C(=O)NCCc1cccnc1)c1ccccc1.Cc1ccc(CNC(=O)c2ccccc2-c2ccccc2CNC(=O)CCc2ncccn2)c(F)c1.Cc1cccc(CNC(=O)OCc2ccccc2)c1-c1c(C)cccc1C(=O)NCCc1ccccn1.O=C(NCc1ccccc1-c1ccccc1C(=O)NCc1ccccc1)OCCc1ccccc1. The van der Waals surface area contributed by atoms with Gasteiger partial charge in [0.05, 0.1) is 6.61 Å². The van der Waals surface area contributed by atoms with Gasteiger partial charge in [0.25, 0.3) is 23.6 Å². The Bertz CT molecular complexity index is 6920. The van der Waals surface area contributed by atoms with E-state index in [9.17, 15) is 42.7 Å². The summed E-state index contributed by atoms with van der Waals surface area (Å²) in [5, 5.41) is 23.4. The van der Waals surface area contributed by atoms with Gasteiger partial charge in [-0.15, -0.1) is 0 Å². The Balaban J connectivity index is 0.000000161. The molecule has 8 amide bonds. The lowest BCUT2D eigenvalue weighted by Gasteiger charge is -2.19. The first-order valence-corrected chi connectivity index (χ1v) is 47.7. The van der Waals surface area contributed by atoms with Crippen LogP contribution >= 0.6 is 0 Å². The monoisotopic (exact) mass is 1920 g/mol. The fourth-order valence-corrected chi connectivity index (χ4v) is 16.0. The van der Waals surface area contributed by atoms with E-state index in [1.165, 1.54) is 6.07 Å². The van der Waals surface area contributed by atoms with Crippen LogP contribution in [0.4, 0.5) is 18.8 Å². The molecule has 144 heavy (non-hydrogen) atoms. The maximum absolute atomic E-state index is 14.2. The maximum atomic E-state index is 14.2. The molecule has 0 aliphatic heterocycles. The number of benzene rings is 13. The van der Waals surface area contributed by atoms with Crippen molar-refractivity contribution in [1.29, 1.82) is 0 Å². The highest BCUT2D eigenvalue weighted by Crippen LogP contribution is 2.36. The van der Waals surface area contributed by atoms with Crippen molar-refractivity contribution < 1.29 is 57.0 Å². The minimum Gasteiger partial charge on any atom is -0.449 e. The fourth-order valence-electron chi connectivity index (χ4n) is 16.0. The number of aryl methyl sites for hydroxylation is 4. The van der Waals surface area contributed by atoms with Crippen molar-refractivity contribution in [2.45, 2.75) is 112 Å². The van der Waals surface area contributed by atoms with Gasteiger partial charge in [-0.2, -0.15) is 0 Å². The Morgan fingerprint density at radius 1 is 0.319 bits per heavy atom. The lowest BCUT2D eigenvalue weighted by Crippen LogP contribution is -2.27. The molecule has 0 bridgehead atoms. The van der Waals surface area contributed by atoms with E-state index < -0.39 is 18.3 Å². The van der Waals surface area contributed by atoms with Crippen molar-refractivity contribution in [3.05, 3.63) is 501 Å². The molecule has 0 saturated carbocycles. The van der Waals surface area contributed by atoms with E-state index in [1.807, 2.05) is 355 Å². The number of aromatic nitrogens is 4. The molecular formula is C120H115FN12O11. The van der Waals surface area contributed by atoms with Crippen molar-refractivity contribution in [2.24, 2.45) is 0 Å². The number of carbonyl (C=O) groups is 8. The molecule has 8 N–H and O–H groups in total. The second kappa shape index (κ2) is 55.2. The van der Waals surface area contributed by atoms with Gasteiger partial charge in [0.2, 0.25) is 5.91 Å². The van der Waals surface area contributed by atoms with Crippen LogP contribution in [0, 0.1) is 26.6 Å². The third-order valence-corrected chi connectivity index (χ3v) is 23.5. The number of hydrogen-bond donors (Lipinski definition) is 8. The van der Waals surface area contributed by atoms with Crippen LogP contribution in [0.2, 0.25) is 0 Å². The summed E-state index contributed by atoms with van der Waals surface area (Å²) >= 11 is 0. The summed E-state index contributed by atoms with van der Waals surface area (Å²) in [7, 11) is 0. The highest BCUT2D eigenvalue weighted by atomic mass is 19.1. The number of carbonyl (C=O) groups excluding carboxylic acids is 8. The molecule has 1 atom stereocenters. The second-order valence-electron chi connectivity index (χ2n) is 33.7. The minimum atomic E-state index is -0.498. The van der Waals surface area contributed by atoms with Crippen molar-refractivity contribution in [1.82, 2.24) is 62.5 Å². The molecule has 0 aliphatic carbocycles. The maximum Gasteiger partial charge on any atom is 0.408 e. The predicted molar refractivity (Wildman–Crippen MR) is 560 cm³/mol.